The van der Waals surface area contributed by atoms with Crippen molar-refractivity contribution in [3.05, 3.63) is 23.8 Å². The zero-order valence-electron chi connectivity index (χ0n) is 7.88. The first kappa shape index (κ1) is 9.17. The molecule has 0 atom stereocenters. The fraction of sp³-hybridized carbons (Fsp3) is 0.600. The number of rotatable bonds is 4. The third-order valence-electron chi connectivity index (χ3n) is 1.89. The predicted octanol–water partition coefficient (Wildman–Crippen LogP) is 2.38. The average molecular weight is 164 g/mol. The number of aryl methyl sites for hydroxylation is 2. The molecule has 0 saturated carbocycles. The van der Waals surface area contributed by atoms with Crippen molar-refractivity contribution in [2.45, 2.75) is 39.5 Å². The summed E-state index contributed by atoms with van der Waals surface area (Å²) in [5.41, 5.74) is 1.26. The molecular formula is C10H16N2. The molecule has 1 rings (SSSR count). The van der Waals surface area contributed by atoms with Gasteiger partial charge in [-0.15, -0.1) is 0 Å². The van der Waals surface area contributed by atoms with E-state index in [1.54, 1.807) is 0 Å². The molecule has 0 bridgehead atoms. The van der Waals surface area contributed by atoms with Gasteiger partial charge < -0.3 is 0 Å². The van der Waals surface area contributed by atoms with Gasteiger partial charge in [0.2, 0.25) is 0 Å². The summed E-state index contributed by atoms with van der Waals surface area (Å²) in [5, 5.41) is 0. The van der Waals surface area contributed by atoms with E-state index >= 15 is 0 Å². The van der Waals surface area contributed by atoms with Gasteiger partial charge >= 0.3 is 0 Å². The maximum absolute atomic E-state index is 4.24. The Kier molecular flexibility index (Phi) is 3.71. The highest BCUT2D eigenvalue weighted by Crippen LogP contribution is 2.02. The molecule has 1 heterocycles. The maximum atomic E-state index is 4.24. The lowest BCUT2D eigenvalue weighted by Crippen LogP contribution is -1.94. The third-order valence-corrected chi connectivity index (χ3v) is 1.89. The van der Waals surface area contributed by atoms with Crippen molar-refractivity contribution in [3.8, 4) is 0 Å². The standard InChI is InChI=1S/C10H16N2/c1-3-5-6-9-7-11-10(4-2)12-8-9/h7-8H,3-6H2,1-2H3. The Balaban J connectivity index is 2.53. The summed E-state index contributed by atoms with van der Waals surface area (Å²) < 4.78 is 0. The van der Waals surface area contributed by atoms with Crippen LogP contribution in [0.25, 0.3) is 0 Å². The summed E-state index contributed by atoms with van der Waals surface area (Å²) in [6, 6.07) is 0. The van der Waals surface area contributed by atoms with Gasteiger partial charge in [-0.05, 0) is 18.4 Å². The van der Waals surface area contributed by atoms with E-state index in [2.05, 4.69) is 23.8 Å². The van der Waals surface area contributed by atoms with Crippen LogP contribution < -0.4 is 0 Å². The van der Waals surface area contributed by atoms with E-state index < -0.39 is 0 Å². The van der Waals surface area contributed by atoms with Crippen molar-refractivity contribution in [2.75, 3.05) is 0 Å². The molecule has 12 heavy (non-hydrogen) atoms. The maximum Gasteiger partial charge on any atom is 0.127 e. The van der Waals surface area contributed by atoms with Crippen LogP contribution in [0.3, 0.4) is 0 Å². The Bertz CT molecular complexity index is 216. The molecule has 0 spiro atoms. The van der Waals surface area contributed by atoms with E-state index in [0.29, 0.717) is 0 Å². The van der Waals surface area contributed by atoms with Crippen molar-refractivity contribution < 1.29 is 0 Å². The monoisotopic (exact) mass is 164 g/mol. The molecule has 0 unspecified atom stereocenters. The summed E-state index contributed by atoms with van der Waals surface area (Å²) in [6.07, 6.45) is 8.39. The van der Waals surface area contributed by atoms with Crippen LogP contribution in [0.5, 0.6) is 0 Å². The molecule has 0 radical (unpaired) electrons. The fourth-order valence-corrected chi connectivity index (χ4v) is 1.07. The molecule has 0 aliphatic carbocycles. The van der Waals surface area contributed by atoms with Crippen LogP contribution in [0.2, 0.25) is 0 Å². The molecule has 0 N–H and O–H groups in total. The number of hydrogen-bond donors (Lipinski definition) is 0. The van der Waals surface area contributed by atoms with Gasteiger partial charge in [0.1, 0.15) is 5.82 Å². The number of unbranched alkanes of at least 4 members (excludes halogenated alkanes) is 1. The predicted molar refractivity (Wildman–Crippen MR) is 50.0 cm³/mol. The minimum Gasteiger partial charge on any atom is -0.241 e. The van der Waals surface area contributed by atoms with E-state index in [4.69, 9.17) is 0 Å². The normalized spacial score (nSPS) is 10.2. The van der Waals surface area contributed by atoms with Gasteiger partial charge in [-0.2, -0.15) is 0 Å². The van der Waals surface area contributed by atoms with Crippen LogP contribution in [0.4, 0.5) is 0 Å². The minimum absolute atomic E-state index is 0.925. The molecule has 0 amide bonds. The quantitative estimate of drug-likeness (QED) is 0.682. The molecule has 66 valence electrons. The number of aromatic nitrogens is 2. The SMILES string of the molecule is CCCCc1cnc(CC)nc1. The Morgan fingerprint density at radius 2 is 1.83 bits per heavy atom. The lowest BCUT2D eigenvalue weighted by Gasteiger charge is -1.99. The summed E-state index contributed by atoms with van der Waals surface area (Å²) in [6.45, 7) is 4.27. The van der Waals surface area contributed by atoms with Crippen LogP contribution in [0.15, 0.2) is 12.4 Å². The summed E-state index contributed by atoms with van der Waals surface area (Å²) in [4.78, 5) is 8.48. The molecule has 0 aromatic carbocycles. The lowest BCUT2D eigenvalue weighted by molar-refractivity contribution is 0.782. The van der Waals surface area contributed by atoms with Gasteiger partial charge in [-0.1, -0.05) is 20.3 Å². The number of nitrogens with zero attached hydrogens (tertiary/aromatic N) is 2. The van der Waals surface area contributed by atoms with Gasteiger partial charge in [0.05, 0.1) is 0 Å². The Labute approximate surface area is 74.1 Å². The second kappa shape index (κ2) is 4.86. The molecule has 2 heteroatoms. The Morgan fingerprint density at radius 1 is 1.17 bits per heavy atom. The molecule has 0 fully saturated rings. The average Bonchev–Trinajstić information content (AvgIpc) is 2.15. The molecule has 0 aliphatic heterocycles. The first-order valence-electron chi connectivity index (χ1n) is 4.66. The minimum atomic E-state index is 0.925. The van der Waals surface area contributed by atoms with Crippen molar-refractivity contribution in [3.63, 3.8) is 0 Å². The summed E-state index contributed by atoms with van der Waals surface area (Å²) in [7, 11) is 0. The summed E-state index contributed by atoms with van der Waals surface area (Å²) in [5.74, 6) is 0.940. The van der Waals surface area contributed by atoms with Crippen molar-refractivity contribution in [1.82, 2.24) is 9.97 Å². The van der Waals surface area contributed by atoms with Crippen LogP contribution in [-0.2, 0) is 12.8 Å². The lowest BCUT2D eigenvalue weighted by atomic mass is 10.1. The zero-order chi connectivity index (χ0) is 8.81. The van der Waals surface area contributed by atoms with Crippen LogP contribution in [-0.4, -0.2) is 9.97 Å². The zero-order valence-corrected chi connectivity index (χ0v) is 7.88. The molecule has 1 aromatic rings. The van der Waals surface area contributed by atoms with Gasteiger partial charge in [-0.25, -0.2) is 9.97 Å². The molecule has 0 saturated heterocycles. The highest BCUT2D eigenvalue weighted by atomic mass is 14.9. The topological polar surface area (TPSA) is 25.8 Å². The van der Waals surface area contributed by atoms with E-state index in [1.807, 2.05) is 12.4 Å². The second-order valence-corrected chi connectivity index (χ2v) is 2.96. The van der Waals surface area contributed by atoms with E-state index in [9.17, 15) is 0 Å². The van der Waals surface area contributed by atoms with Crippen LogP contribution in [0.1, 0.15) is 38.1 Å². The Hall–Kier alpha value is -0.920. The van der Waals surface area contributed by atoms with Crippen molar-refractivity contribution >= 4 is 0 Å². The van der Waals surface area contributed by atoms with Gasteiger partial charge in [0, 0.05) is 18.8 Å². The fourth-order valence-electron chi connectivity index (χ4n) is 1.07. The van der Waals surface area contributed by atoms with E-state index in [-0.39, 0.29) is 0 Å². The van der Waals surface area contributed by atoms with Gasteiger partial charge in [0.25, 0.3) is 0 Å². The highest BCUT2D eigenvalue weighted by molar-refractivity contribution is 5.05. The van der Waals surface area contributed by atoms with E-state index in [0.717, 1.165) is 18.7 Å². The molecule has 0 aliphatic rings. The van der Waals surface area contributed by atoms with Gasteiger partial charge in [-0.3, -0.25) is 0 Å². The smallest absolute Gasteiger partial charge is 0.127 e. The number of hydrogen-bond acceptors (Lipinski definition) is 2. The van der Waals surface area contributed by atoms with Crippen LogP contribution in [0, 0.1) is 0 Å². The van der Waals surface area contributed by atoms with Crippen LogP contribution >= 0.6 is 0 Å². The Morgan fingerprint density at radius 3 is 2.33 bits per heavy atom. The first-order valence-corrected chi connectivity index (χ1v) is 4.66. The van der Waals surface area contributed by atoms with Crippen molar-refractivity contribution in [1.29, 1.82) is 0 Å². The summed E-state index contributed by atoms with van der Waals surface area (Å²) >= 11 is 0. The first-order chi connectivity index (χ1) is 5.86. The van der Waals surface area contributed by atoms with E-state index in [1.165, 1.54) is 18.4 Å². The highest BCUT2D eigenvalue weighted by Gasteiger charge is 1.94. The van der Waals surface area contributed by atoms with Crippen molar-refractivity contribution in [2.24, 2.45) is 0 Å². The molecule has 2 nitrogen and oxygen atoms in total. The van der Waals surface area contributed by atoms with Gasteiger partial charge in [0.15, 0.2) is 0 Å². The molecule has 1 aromatic heterocycles. The largest absolute Gasteiger partial charge is 0.241 e. The second-order valence-electron chi connectivity index (χ2n) is 2.96. The third kappa shape index (κ3) is 2.61. The molecular weight excluding hydrogens is 148 g/mol.